The fourth-order valence-corrected chi connectivity index (χ4v) is 5.01. The number of fused-ring (bicyclic) bond motifs is 1. The van der Waals surface area contributed by atoms with E-state index in [1.54, 1.807) is 12.1 Å². The van der Waals surface area contributed by atoms with Crippen LogP contribution in [0.5, 0.6) is 0 Å². The zero-order valence-corrected chi connectivity index (χ0v) is 18.7. The molecule has 170 valence electrons. The van der Waals surface area contributed by atoms with Crippen molar-refractivity contribution in [3.63, 3.8) is 0 Å². The van der Waals surface area contributed by atoms with E-state index in [1.165, 1.54) is 42.1 Å². The lowest BCUT2D eigenvalue weighted by molar-refractivity contribution is -0.130. The summed E-state index contributed by atoms with van der Waals surface area (Å²) in [4.78, 5) is 27.1. The molecule has 3 atom stereocenters. The number of carbonyl (C=O) groups is 2. The first-order valence-electron chi connectivity index (χ1n) is 10.3. The van der Waals surface area contributed by atoms with E-state index in [9.17, 15) is 18.4 Å². The standard InChI is InChI=1S/C22H23ClF2N4O2S/c23-17-9-15(5-6-18(17)25)26-20(30)12-32-22-27-19-7-8-29(11-16(19)21(31)28-22)10-13-1-3-14(24)4-2-13/h1-6,9,16,19,22,27H,7-8,10-12H2,(H,26,30)(H,28,31). The second kappa shape index (κ2) is 10.2. The molecule has 0 saturated carbocycles. The number of anilines is 1. The molecule has 32 heavy (non-hydrogen) atoms. The SMILES string of the molecule is O=C(CSC1NC(=O)C2CN(Cc3ccc(F)cc3)CCC2N1)Nc1ccc(F)c(Cl)c1. The number of likely N-dealkylation sites (tertiary alicyclic amines) is 1. The Balaban J connectivity index is 1.25. The van der Waals surface area contributed by atoms with Gasteiger partial charge in [0.1, 0.15) is 17.1 Å². The predicted octanol–water partition coefficient (Wildman–Crippen LogP) is 3.18. The van der Waals surface area contributed by atoms with E-state index in [4.69, 9.17) is 11.6 Å². The fraction of sp³-hybridized carbons (Fsp3) is 0.364. The monoisotopic (exact) mass is 480 g/mol. The Morgan fingerprint density at radius 2 is 2.00 bits per heavy atom. The molecule has 3 unspecified atom stereocenters. The normalized spacial score (nSPS) is 23.3. The number of hydrogen-bond donors (Lipinski definition) is 3. The first-order valence-corrected chi connectivity index (χ1v) is 11.7. The number of piperidine rings is 1. The molecule has 0 radical (unpaired) electrons. The maximum atomic E-state index is 13.2. The van der Waals surface area contributed by atoms with Crippen molar-refractivity contribution < 1.29 is 18.4 Å². The maximum absolute atomic E-state index is 13.2. The van der Waals surface area contributed by atoms with Crippen molar-refractivity contribution in [3.05, 3.63) is 64.7 Å². The highest BCUT2D eigenvalue weighted by Crippen LogP contribution is 2.25. The van der Waals surface area contributed by atoms with Crippen LogP contribution in [0.1, 0.15) is 12.0 Å². The van der Waals surface area contributed by atoms with E-state index in [2.05, 4.69) is 20.9 Å². The Kier molecular flexibility index (Phi) is 7.30. The molecule has 2 aromatic carbocycles. The third-order valence-corrected chi connectivity index (χ3v) is 6.88. The summed E-state index contributed by atoms with van der Waals surface area (Å²) in [5.41, 5.74) is 1.06. The minimum atomic E-state index is -0.550. The minimum absolute atomic E-state index is 0.0321. The summed E-state index contributed by atoms with van der Waals surface area (Å²) >= 11 is 7.02. The maximum Gasteiger partial charge on any atom is 0.234 e. The van der Waals surface area contributed by atoms with Crippen molar-refractivity contribution >= 4 is 40.9 Å². The number of carbonyl (C=O) groups excluding carboxylic acids is 2. The number of nitrogens with zero attached hydrogens (tertiary/aromatic N) is 1. The van der Waals surface area contributed by atoms with E-state index in [1.807, 2.05) is 0 Å². The van der Waals surface area contributed by atoms with Crippen molar-refractivity contribution in [3.8, 4) is 0 Å². The van der Waals surface area contributed by atoms with E-state index >= 15 is 0 Å². The van der Waals surface area contributed by atoms with E-state index in [0.717, 1.165) is 18.5 Å². The van der Waals surface area contributed by atoms with Gasteiger partial charge in [-0.25, -0.2) is 8.78 Å². The quantitative estimate of drug-likeness (QED) is 0.592. The van der Waals surface area contributed by atoms with Gasteiger partial charge in [-0.05, 0) is 42.3 Å². The molecular formula is C22H23ClF2N4O2S. The molecule has 4 rings (SSSR count). The van der Waals surface area contributed by atoms with Gasteiger partial charge in [0.05, 0.1) is 16.7 Å². The molecule has 2 heterocycles. The van der Waals surface area contributed by atoms with Crippen LogP contribution in [0.4, 0.5) is 14.5 Å². The van der Waals surface area contributed by atoms with Crippen LogP contribution in [-0.2, 0) is 16.1 Å². The van der Waals surface area contributed by atoms with Crippen molar-refractivity contribution in [2.75, 3.05) is 24.2 Å². The van der Waals surface area contributed by atoms with Crippen molar-refractivity contribution in [1.82, 2.24) is 15.5 Å². The highest BCUT2D eigenvalue weighted by Gasteiger charge is 2.39. The van der Waals surface area contributed by atoms with Crippen LogP contribution in [0, 0.1) is 17.6 Å². The molecular weight excluding hydrogens is 458 g/mol. The summed E-state index contributed by atoms with van der Waals surface area (Å²) in [5.74, 6) is -1.20. The molecule has 0 spiro atoms. The summed E-state index contributed by atoms with van der Waals surface area (Å²) in [5, 5.41) is 8.95. The van der Waals surface area contributed by atoms with Crippen LogP contribution >= 0.6 is 23.4 Å². The largest absolute Gasteiger partial charge is 0.331 e. The van der Waals surface area contributed by atoms with Crippen LogP contribution in [0.15, 0.2) is 42.5 Å². The first-order chi connectivity index (χ1) is 15.4. The highest BCUT2D eigenvalue weighted by atomic mass is 35.5. The molecule has 3 N–H and O–H groups in total. The molecule has 2 aliphatic rings. The fourth-order valence-electron chi connectivity index (χ4n) is 3.97. The van der Waals surface area contributed by atoms with Crippen molar-refractivity contribution in [2.45, 2.75) is 24.5 Å². The van der Waals surface area contributed by atoms with Gasteiger partial charge in [0.25, 0.3) is 0 Å². The third-order valence-electron chi connectivity index (χ3n) is 5.58. The average molecular weight is 481 g/mol. The molecule has 6 nitrogen and oxygen atoms in total. The van der Waals surface area contributed by atoms with Gasteiger partial charge in [0.15, 0.2) is 0 Å². The molecule has 2 aromatic rings. The molecule has 0 bridgehead atoms. The number of nitrogens with one attached hydrogen (secondary N) is 3. The second-order valence-corrected chi connectivity index (χ2v) is 9.41. The summed E-state index contributed by atoms with van der Waals surface area (Å²) < 4.78 is 26.3. The number of benzene rings is 2. The lowest BCUT2D eigenvalue weighted by Crippen LogP contribution is -2.64. The Labute approximate surface area is 194 Å². The number of hydrogen-bond acceptors (Lipinski definition) is 5. The van der Waals surface area contributed by atoms with Crippen molar-refractivity contribution in [2.24, 2.45) is 5.92 Å². The van der Waals surface area contributed by atoms with E-state index in [-0.39, 0.29) is 45.9 Å². The number of rotatable bonds is 6. The number of thioether (sulfide) groups is 1. The lowest BCUT2D eigenvalue weighted by Gasteiger charge is -2.43. The topological polar surface area (TPSA) is 73.5 Å². The predicted molar refractivity (Wildman–Crippen MR) is 121 cm³/mol. The minimum Gasteiger partial charge on any atom is -0.331 e. The van der Waals surface area contributed by atoms with Crippen LogP contribution in [0.25, 0.3) is 0 Å². The van der Waals surface area contributed by atoms with Gasteiger partial charge in [0, 0.05) is 31.4 Å². The summed E-state index contributed by atoms with van der Waals surface area (Å²) in [6, 6.07) is 10.4. The van der Waals surface area contributed by atoms with Gasteiger partial charge in [-0.3, -0.25) is 19.8 Å². The zero-order chi connectivity index (χ0) is 22.7. The van der Waals surface area contributed by atoms with Gasteiger partial charge in [-0.2, -0.15) is 0 Å². The molecule has 2 amide bonds. The van der Waals surface area contributed by atoms with Gasteiger partial charge in [0.2, 0.25) is 11.8 Å². The first kappa shape index (κ1) is 23.0. The van der Waals surface area contributed by atoms with Crippen LogP contribution in [0.2, 0.25) is 5.02 Å². The molecule has 2 fully saturated rings. The molecule has 2 saturated heterocycles. The molecule has 2 aliphatic heterocycles. The van der Waals surface area contributed by atoms with E-state index in [0.29, 0.717) is 18.8 Å². The summed E-state index contributed by atoms with van der Waals surface area (Å²) in [7, 11) is 0. The Morgan fingerprint density at radius 3 is 2.75 bits per heavy atom. The van der Waals surface area contributed by atoms with Crippen LogP contribution in [-0.4, -0.2) is 47.1 Å². The molecule has 0 aliphatic carbocycles. The summed E-state index contributed by atoms with van der Waals surface area (Å²) in [6.45, 7) is 2.11. The smallest absolute Gasteiger partial charge is 0.234 e. The Morgan fingerprint density at radius 1 is 1.22 bits per heavy atom. The Hall–Kier alpha value is -2.20. The number of halogens is 3. The van der Waals surface area contributed by atoms with Crippen molar-refractivity contribution in [1.29, 1.82) is 0 Å². The van der Waals surface area contributed by atoms with E-state index < -0.39 is 5.82 Å². The second-order valence-electron chi connectivity index (χ2n) is 7.91. The highest BCUT2D eigenvalue weighted by molar-refractivity contribution is 8.00. The van der Waals surface area contributed by atoms with Gasteiger partial charge < -0.3 is 10.6 Å². The van der Waals surface area contributed by atoms with Gasteiger partial charge >= 0.3 is 0 Å². The Bertz CT molecular complexity index is 994. The average Bonchev–Trinajstić information content (AvgIpc) is 2.77. The third kappa shape index (κ3) is 5.78. The van der Waals surface area contributed by atoms with Gasteiger partial charge in [-0.15, -0.1) is 11.8 Å². The lowest BCUT2D eigenvalue weighted by atomic mass is 9.89. The van der Waals surface area contributed by atoms with Crippen LogP contribution in [0.3, 0.4) is 0 Å². The zero-order valence-electron chi connectivity index (χ0n) is 17.1. The molecule has 0 aromatic heterocycles. The number of amides is 2. The summed E-state index contributed by atoms with van der Waals surface area (Å²) in [6.07, 6.45) is 0.802. The van der Waals surface area contributed by atoms with Gasteiger partial charge in [-0.1, -0.05) is 23.7 Å². The van der Waals surface area contributed by atoms with Crippen LogP contribution < -0.4 is 16.0 Å². The molecule has 10 heteroatoms.